The molecule has 1 heterocycles. The third-order valence-corrected chi connectivity index (χ3v) is 3.42. The van der Waals surface area contributed by atoms with Crippen LogP contribution in [0.2, 0.25) is 0 Å². The van der Waals surface area contributed by atoms with Crippen molar-refractivity contribution in [3.05, 3.63) is 5.01 Å². The van der Waals surface area contributed by atoms with Gasteiger partial charge in [0, 0.05) is 13.0 Å². The lowest BCUT2D eigenvalue weighted by molar-refractivity contribution is -0.137. The zero-order valence-electron chi connectivity index (χ0n) is 10.5. The molecule has 0 amide bonds. The molecule has 96 valence electrons. The third kappa shape index (κ3) is 5.63. The van der Waals surface area contributed by atoms with Crippen LogP contribution in [-0.2, 0) is 4.79 Å². The van der Waals surface area contributed by atoms with Gasteiger partial charge < -0.3 is 10.4 Å². The summed E-state index contributed by atoms with van der Waals surface area (Å²) in [6.45, 7) is 6.88. The molecule has 17 heavy (non-hydrogen) atoms. The number of anilines is 1. The number of carboxylic acids is 1. The molecule has 2 N–H and O–H groups in total. The molecule has 0 aliphatic carbocycles. The van der Waals surface area contributed by atoms with Crippen molar-refractivity contribution in [3.8, 4) is 0 Å². The quantitative estimate of drug-likeness (QED) is 0.785. The summed E-state index contributed by atoms with van der Waals surface area (Å²) in [4.78, 5) is 10.5. The fourth-order valence-electron chi connectivity index (χ4n) is 1.45. The number of rotatable bonds is 7. The van der Waals surface area contributed by atoms with Gasteiger partial charge in [-0.1, -0.05) is 25.2 Å². The van der Waals surface area contributed by atoms with E-state index >= 15 is 0 Å². The van der Waals surface area contributed by atoms with Crippen LogP contribution in [0.1, 0.15) is 38.1 Å². The first-order valence-electron chi connectivity index (χ1n) is 5.65. The van der Waals surface area contributed by atoms with E-state index < -0.39 is 5.97 Å². The van der Waals surface area contributed by atoms with Gasteiger partial charge in [-0.05, 0) is 25.2 Å². The van der Waals surface area contributed by atoms with Crippen LogP contribution in [0.25, 0.3) is 0 Å². The van der Waals surface area contributed by atoms with Crippen LogP contribution in [0.3, 0.4) is 0 Å². The molecular weight excluding hydrogens is 238 g/mol. The molecule has 0 fully saturated rings. The molecule has 0 unspecified atom stereocenters. The molecular formula is C11H19N3O2S. The topological polar surface area (TPSA) is 75.1 Å². The molecule has 6 heteroatoms. The first-order valence-corrected chi connectivity index (χ1v) is 6.46. The molecule has 0 saturated heterocycles. The van der Waals surface area contributed by atoms with Crippen molar-refractivity contribution < 1.29 is 9.90 Å². The Morgan fingerprint density at radius 1 is 1.41 bits per heavy atom. The molecule has 5 nitrogen and oxygen atoms in total. The van der Waals surface area contributed by atoms with Crippen molar-refractivity contribution in [2.24, 2.45) is 5.41 Å². The average molecular weight is 257 g/mol. The molecule has 0 aliphatic heterocycles. The smallest absolute Gasteiger partial charge is 0.303 e. The largest absolute Gasteiger partial charge is 0.481 e. The van der Waals surface area contributed by atoms with Gasteiger partial charge in [0.1, 0.15) is 5.01 Å². The van der Waals surface area contributed by atoms with Gasteiger partial charge >= 0.3 is 5.97 Å². The monoisotopic (exact) mass is 257 g/mol. The van der Waals surface area contributed by atoms with Crippen LogP contribution in [0.4, 0.5) is 5.13 Å². The molecule has 0 bridgehead atoms. The molecule has 0 radical (unpaired) electrons. The van der Waals surface area contributed by atoms with E-state index in [-0.39, 0.29) is 11.8 Å². The van der Waals surface area contributed by atoms with Gasteiger partial charge in [0.05, 0.1) is 0 Å². The van der Waals surface area contributed by atoms with E-state index in [1.807, 2.05) is 6.92 Å². The molecule has 1 aromatic heterocycles. The van der Waals surface area contributed by atoms with E-state index in [2.05, 4.69) is 29.4 Å². The fourth-order valence-corrected chi connectivity index (χ4v) is 2.06. The Morgan fingerprint density at radius 3 is 2.65 bits per heavy atom. The second kappa shape index (κ2) is 5.95. The van der Waals surface area contributed by atoms with E-state index in [1.54, 1.807) is 0 Å². The number of nitrogens with zero attached hydrogens (tertiary/aromatic N) is 2. The van der Waals surface area contributed by atoms with Crippen LogP contribution in [-0.4, -0.2) is 27.8 Å². The number of hydrogen-bond donors (Lipinski definition) is 2. The number of aliphatic carboxylic acids is 1. The molecule has 0 aromatic carbocycles. The Labute approximate surface area is 105 Å². The van der Waals surface area contributed by atoms with Gasteiger partial charge in [0.25, 0.3) is 0 Å². The molecule has 0 saturated carbocycles. The molecule has 1 aromatic rings. The number of aromatic nitrogens is 2. The van der Waals surface area contributed by atoms with E-state index in [4.69, 9.17) is 5.11 Å². The number of carbonyl (C=O) groups is 1. The van der Waals surface area contributed by atoms with Crippen LogP contribution in [0.5, 0.6) is 0 Å². The number of hydrogen-bond acceptors (Lipinski definition) is 5. The van der Waals surface area contributed by atoms with Crippen LogP contribution < -0.4 is 5.32 Å². The summed E-state index contributed by atoms with van der Waals surface area (Å²) < 4.78 is 0. The van der Waals surface area contributed by atoms with E-state index in [0.717, 1.165) is 23.1 Å². The Bertz CT molecular complexity index is 377. The van der Waals surface area contributed by atoms with Crippen molar-refractivity contribution in [1.29, 1.82) is 0 Å². The zero-order valence-corrected chi connectivity index (χ0v) is 11.3. The van der Waals surface area contributed by atoms with Gasteiger partial charge in [-0.15, -0.1) is 10.2 Å². The minimum atomic E-state index is -0.731. The minimum Gasteiger partial charge on any atom is -0.481 e. The molecule has 0 aliphatic rings. The van der Waals surface area contributed by atoms with E-state index in [0.29, 0.717) is 6.42 Å². The highest BCUT2D eigenvalue weighted by atomic mass is 32.1. The maximum Gasteiger partial charge on any atom is 0.303 e. The lowest BCUT2D eigenvalue weighted by Gasteiger charge is -2.23. The van der Waals surface area contributed by atoms with Crippen LogP contribution in [0.15, 0.2) is 0 Å². The summed E-state index contributed by atoms with van der Waals surface area (Å²) in [6, 6.07) is 0. The standard InChI is InChI=1S/C11H19N3O2S/c1-8-13-14-10(17-8)12-7-6-11(2,3)5-4-9(15)16/h4-7H2,1-3H3,(H,12,14)(H,15,16). The second-order valence-corrected chi connectivity index (χ2v) is 6.04. The number of carboxylic acid groups (broad SMARTS) is 1. The van der Waals surface area contributed by atoms with Crippen molar-refractivity contribution >= 4 is 22.4 Å². The maximum absolute atomic E-state index is 10.5. The first kappa shape index (κ1) is 13.9. The lowest BCUT2D eigenvalue weighted by Crippen LogP contribution is -2.18. The normalized spacial score (nSPS) is 11.5. The lowest BCUT2D eigenvalue weighted by atomic mass is 9.84. The highest BCUT2D eigenvalue weighted by Crippen LogP contribution is 2.26. The highest BCUT2D eigenvalue weighted by molar-refractivity contribution is 7.15. The van der Waals surface area contributed by atoms with Crippen molar-refractivity contribution in [3.63, 3.8) is 0 Å². The summed E-state index contributed by atoms with van der Waals surface area (Å²) in [7, 11) is 0. The predicted octanol–water partition coefficient (Wildman–Crippen LogP) is 2.54. The average Bonchev–Trinajstić information content (AvgIpc) is 2.61. The number of nitrogens with one attached hydrogen (secondary N) is 1. The second-order valence-electron chi connectivity index (χ2n) is 4.86. The Balaban J connectivity index is 2.27. The third-order valence-electron chi connectivity index (χ3n) is 2.62. The summed E-state index contributed by atoms with van der Waals surface area (Å²) in [5.74, 6) is -0.731. The minimum absolute atomic E-state index is 0.0329. The summed E-state index contributed by atoms with van der Waals surface area (Å²) in [6.07, 6.45) is 1.84. The van der Waals surface area contributed by atoms with Gasteiger partial charge in [-0.2, -0.15) is 0 Å². The van der Waals surface area contributed by atoms with Crippen molar-refractivity contribution in [2.75, 3.05) is 11.9 Å². The summed E-state index contributed by atoms with van der Waals surface area (Å²) >= 11 is 1.53. The summed E-state index contributed by atoms with van der Waals surface area (Å²) in [5.41, 5.74) is 0.0329. The Morgan fingerprint density at radius 2 is 2.12 bits per heavy atom. The Kier molecular flexibility index (Phi) is 4.86. The van der Waals surface area contributed by atoms with E-state index in [1.165, 1.54) is 11.3 Å². The summed E-state index contributed by atoms with van der Waals surface area (Å²) in [5, 5.41) is 21.5. The van der Waals surface area contributed by atoms with Gasteiger partial charge in [0.15, 0.2) is 0 Å². The van der Waals surface area contributed by atoms with Crippen LogP contribution >= 0.6 is 11.3 Å². The molecule has 0 atom stereocenters. The predicted molar refractivity (Wildman–Crippen MR) is 68.4 cm³/mol. The fraction of sp³-hybridized carbons (Fsp3) is 0.727. The van der Waals surface area contributed by atoms with Gasteiger partial charge in [-0.25, -0.2) is 0 Å². The van der Waals surface area contributed by atoms with Gasteiger partial charge in [0.2, 0.25) is 5.13 Å². The first-order chi connectivity index (χ1) is 7.89. The van der Waals surface area contributed by atoms with Crippen LogP contribution in [0, 0.1) is 12.3 Å². The molecule has 1 rings (SSSR count). The van der Waals surface area contributed by atoms with E-state index in [9.17, 15) is 4.79 Å². The van der Waals surface area contributed by atoms with Crippen molar-refractivity contribution in [2.45, 2.75) is 40.0 Å². The molecule has 0 spiro atoms. The highest BCUT2D eigenvalue weighted by Gasteiger charge is 2.18. The maximum atomic E-state index is 10.5. The SMILES string of the molecule is Cc1nnc(NCCC(C)(C)CCC(=O)O)s1. The zero-order chi connectivity index (χ0) is 12.9. The van der Waals surface area contributed by atoms with Crippen molar-refractivity contribution in [1.82, 2.24) is 10.2 Å². The van der Waals surface area contributed by atoms with Gasteiger partial charge in [-0.3, -0.25) is 4.79 Å². The Hall–Kier alpha value is -1.17. The number of aryl methyl sites for hydroxylation is 1.